The summed E-state index contributed by atoms with van der Waals surface area (Å²) in [7, 11) is 0. The van der Waals surface area contributed by atoms with E-state index in [9.17, 15) is 5.11 Å². The molecule has 18 heavy (non-hydrogen) atoms. The predicted molar refractivity (Wildman–Crippen MR) is 59.2 cm³/mol. The molecule has 1 aliphatic rings. The highest BCUT2D eigenvalue weighted by Crippen LogP contribution is 2.30. The maximum absolute atomic E-state index is 9.69. The van der Waals surface area contributed by atoms with Crippen LogP contribution in [0.15, 0.2) is 6.20 Å². The first-order chi connectivity index (χ1) is 8.70. The molecule has 0 radical (unpaired) electrons. The number of anilines is 1. The third-order valence-corrected chi connectivity index (χ3v) is 2.99. The normalized spacial score (nSPS) is 28.0. The van der Waals surface area contributed by atoms with E-state index in [-0.39, 0.29) is 12.4 Å². The molecule has 0 spiro atoms. The van der Waals surface area contributed by atoms with Gasteiger partial charge in [0, 0.05) is 6.42 Å². The Morgan fingerprint density at radius 1 is 1.50 bits per heavy atom. The zero-order valence-electron chi connectivity index (χ0n) is 9.34. The third kappa shape index (κ3) is 1.60. The number of ether oxygens (including phenoxy) is 1. The van der Waals surface area contributed by atoms with Crippen LogP contribution in [0.5, 0.6) is 0 Å². The van der Waals surface area contributed by atoms with Crippen LogP contribution in [0.1, 0.15) is 12.6 Å². The number of rotatable bonds is 2. The van der Waals surface area contributed by atoms with Crippen molar-refractivity contribution in [3.05, 3.63) is 6.20 Å². The minimum absolute atomic E-state index is 0.239. The summed E-state index contributed by atoms with van der Waals surface area (Å²) >= 11 is 0. The SMILES string of the molecule is Nc1nnnc2c1cnn2[C@H]1C[C@H](O)[C@@H](CO)O1. The maximum atomic E-state index is 9.69. The molecule has 0 saturated carbocycles. The van der Waals surface area contributed by atoms with E-state index in [2.05, 4.69) is 20.5 Å². The molecule has 0 aromatic carbocycles. The average Bonchev–Trinajstić information content (AvgIpc) is 2.93. The lowest BCUT2D eigenvalue weighted by Gasteiger charge is -2.12. The van der Waals surface area contributed by atoms with Crippen LogP contribution in [0.4, 0.5) is 5.82 Å². The number of fused-ring (bicyclic) bond motifs is 1. The molecule has 9 heteroatoms. The Bertz CT molecular complexity index is 572. The first-order valence-electron chi connectivity index (χ1n) is 5.47. The number of hydrogen-bond acceptors (Lipinski definition) is 8. The number of nitrogen functional groups attached to an aromatic ring is 1. The summed E-state index contributed by atoms with van der Waals surface area (Å²) < 4.78 is 6.97. The summed E-state index contributed by atoms with van der Waals surface area (Å²) in [5.41, 5.74) is 6.09. The summed E-state index contributed by atoms with van der Waals surface area (Å²) in [5.74, 6) is 0.239. The molecule has 9 nitrogen and oxygen atoms in total. The smallest absolute Gasteiger partial charge is 0.188 e. The number of aliphatic hydroxyl groups is 2. The van der Waals surface area contributed by atoms with E-state index < -0.39 is 18.4 Å². The Labute approximate surface area is 101 Å². The second-order valence-corrected chi connectivity index (χ2v) is 4.12. The molecule has 0 unspecified atom stereocenters. The van der Waals surface area contributed by atoms with Gasteiger partial charge in [-0.3, -0.25) is 0 Å². The van der Waals surface area contributed by atoms with E-state index >= 15 is 0 Å². The van der Waals surface area contributed by atoms with Gasteiger partial charge in [-0.2, -0.15) is 5.10 Å². The molecule has 2 aromatic rings. The van der Waals surface area contributed by atoms with Crippen LogP contribution in [0, 0.1) is 0 Å². The van der Waals surface area contributed by atoms with Crippen molar-refractivity contribution in [1.82, 2.24) is 25.2 Å². The van der Waals surface area contributed by atoms with Crippen molar-refractivity contribution >= 4 is 16.9 Å². The molecule has 1 aliphatic heterocycles. The van der Waals surface area contributed by atoms with Crippen LogP contribution < -0.4 is 5.73 Å². The number of aromatic nitrogens is 5. The van der Waals surface area contributed by atoms with Gasteiger partial charge >= 0.3 is 0 Å². The molecular formula is C9H12N6O3. The van der Waals surface area contributed by atoms with E-state index in [1.807, 2.05) is 0 Å². The van der Waals surface area contributed by atoms with Crippen molar-refractivity contribution in [1.29, 1.82) is 0 Å². The quantitative estimate of drug-likeness (QED) is 0.584. The van der Waals surface area contributed by atoms with Gasteiger partial charge in [-0.05, 0) is 5.21 Å². The minimum Gasteiger partial charge on any atom is -0.394 e. The first-order valence-corrected chi connectivity index (χ1v) is 5.47. The Balaban J connectivity index is 1.99. The lowest BCUT2D eigenvalue weighted by Crippen LogP contribution is -2.24. The van der Waals surface area contributed by atoms with E-state index in [1.54, 1.807) is 0 Å². The molecular weight excluding hydrogens is 240 g/mol. The Morgan fingerprint density at radius 2 is 2.33 bits per heavy atom. The number of nitrogens with two attached hydrogens (primary N) is 1. The van der Waals surface area contributed by atoms with Crippen molar-refractivity contribution in [2.45, 2.75) is 24.9 Å². The van der Waals surface area contributed by atoms with Crippen molar-refractivity contribution in [3.8, 4) is 0 Å². The van der Waals surface area contributed by atoms with Crippen molar-refractivity contribution in [2.24, 2.45) is 0 Å². The summed E-state index contributed by atoms with van der Waals surface area (Å²) in [4.78, 5) is 0. The van der Waals surface area contributed by atoms with Gasteiger partial charge in [-0.15, -0.1) is 10.2 Å². The fourth-order valence-corrected chi connectivity index (χ4v) is 2.04. The van der Waals surface area contributed by atoms with E-state index in [0.717, 1.165) is 0 Å². The third-order valence-electron chi connectivity index (χ3n) is 2.99. The van der Waals surface area contributed by atoms with Crippen LogP contribution in [0.25, 0.3) is 11.0 Å². The zero-order chi connectivity index (χ0) is 12.7. The van der Waals surface area contributed by atoms with Gasteiger partial charge in [0.05, 0.1) is 24.3 Å². The van der Waals surface area contributed by atoms with Crippen molar-refractivity contribution in [2.75, 3.05) is 12.3 Å². The second-order valence-electron chi connectivity index (χ2n) is 4.12. The molecule has 1 saturated heterocycles. The molecule has 96 valence electrons. The van der Waals surface area contributed by atoms with Gasteiger partial charge in [-0.25, -0.2) is 4.68 Å². The van der Waals surface area contributed by atoms with E-state index in [1.165, 1.54) is 10.9 Å². The highest BCUT2D eigenvalue weighted by Gasteiger charge is 2.35. The van der Waals surface area contributed by atoms with Gasteiger partial charge in [0.15, 0.2) is 17.7 Å². The van der Waals surface area contributed by atoms with Gasteiger partial charge in [0.1, 0.15) is 6.10 Å². The Hall–Kier alpha value is -1.84. The van der Waals surface area contributed by atoms with Crippen molar-refractivity contribution in [3.63, 3.8) is 0 Å². The van der Waals surface area contributed by atoms with Crippen LogP contribution in [0.3, 0.4) is 0 Å². The highest BCUT2D eigenvalue weighted by molar-refractivity contribution is 5.84. The summed E-state index contributed by atoms with van der Waals surface area (Å²) in [6.45, 7) is -0.244. The number of aliphatic hydroxyl groups excluding tert-OH is 2. The van der Waals surface area contributed by atoms with Gasteiger partial charge in [0.25, 0.3) is 0 Å². The number of hydrogen-bond donors (Lipinski definition) is 3. The molecule has 0 amide bonds. The molecule has 2 aromatic heterocycles. The van der Waals surface area contributed by atoms with E-state index in [0.29, 0.717) is 17.5 Å². The highest BCUT2D eigenvalue weighted by atomic mass is 16.5. The van der Waals surface area contributed by atoms with Crippen LogP contribution in [0.2, 0.25) is 0 Å². The molecule has 4 N–H and O–H groups in total. The Kier molecular flexibility index (Phi) is 2.58. The van der Waals surface area contributed by atoms with Gasteiger partial charge in [-0.1, -0.05) is 0 Å². The first kappa shape index (κ1) is 11.3. The zero-order valence-corrected chi connectivity index (χ0v) is 9.34. The molecule has 0 bridgehead atoms. The lowest BCUT2D eigenvalue weighted by atomic mass is 10.2. The van der Waals surface area contributed by atoms with E-state index in [4.69, 9.17) is 15.6 Å². The summed E-state index contributed by atoms with van der Waals surface area (Å²) in [6, 6.07) is 0. The van der Waals surface area contributed by atoms with Crippen LogP contribution >= 0.6 is 0 Å². The van der Waals surface area contributed by atoms with Crippen LogP contribution in [-0.2, 0) is 4.74 Å². The summed E-state index contributed by atoms with van der Waals surface area (Å²) in [6.07, 6.45) is 0.0128. The topological polar surface area (TPSA) is 132 Å². The largest absolute Gasteiger partial charge is 0.394 e. The molecule has 1 fully saturated rings. The maximum Gasteiger partial charge on any atom is 0.188 e. The molecule has 0 aliphatic carbocycles. The van der Waals surface area contributed by atoms with Crippen LogP contribution in [-0.4, -0.2) is 54.2 Å². The second kappa shape index (κ2) is 4.12. The summed E-state index contributed by atoms with van der Waals surface area (Å²) in [5, 5.41) is 34.4. The molecule has 3 heterocycles. The fraction of sp³-hybridized carbons (Fsp3) is 0.556. The standard InChI is InChI=1S/C9H12N6O3/c10-8-4-2-11-15(9(4)13-14-12-8)7-1-5(17)6(3-16)18-7/h2,5-7,16-17H,1,3H2,(H2,10,12,13)/t5-,6+,7+/m0/s1. The van der Waals surface area contributed by atoms with Gasteiger partial charge < -0.3 is 20.7 Å². The monoisotopic (exact) mass is 252 g/mol. The van der Waals surface area contributed by atoms with Crippen molar-refractivity contribution < 1.29 is 14.9 Å². The van der Waals surface area contributed by atoms with Gasteiger partial charge in [0.2, 0.25) is 0 Å². The molecule has 3 atom stereocenters. The fourth-order valence-electron chi connectivity index (χ4n) is 2.04. The minimum atomic E-state index is -0.730. The lowest BCUT2D eigenvalue weighted by molar-refractivity contribution is -0.0470. The predicted octanol–water partition coefficient (Wildman–Crippen LogP) is -1.56. The average molecular weight is 252 g/mol. The number of nitrogens with zero attached hydrogens (tertiary/aromatic N) is 5. The Morgan fingerprint density at radius 3 is 3.06 bits per heavy atom. The molecule has 3 rings (SSSR count).